The fraction of sp³-hybridized carbons (Fsp3) is 0.0909. The van der Waals surface area contributed by atoms with Crippen molar-refractivity contribution in [3.05, 3.63) is 29.8 Å². The average Bonchev–Trinajstić information content (AvgIpc) is 2.24. The summed E-state index contributed by atoms with van der Waals surface area (Å²) in [6.45, 7) is 1.44. The van der Waals surface area contributed by atoms with Crippen molar-refractivity contribution in [1.82, 2.24) is 0 Å². The number of fused-ring (bicyclic) bond motifs is 1. The van der Waals surface area contributed by atoms with Crippen molar-refractivity contribution in [2.24, 2.45) is 0 Å². The van der Waals surface area contributed by atoms with Crippen LogP contribution in [-0.2, 0) is 20.2 Å². The Hall–Kier alpha value is -1.68. The van der Waals surface area contributed by atoms with Crippen molar-refractivity contribution in [3.63, 3.8) is 0 Å². The van der Waals surface area contributed by atoms with E-state index in [-0.39, 0.29) is 22.0 Å². The summed E-state index contributed by atoms with van der Waals surface area (Å²) < 4.78 is 63.5. The second-order valence-corrected chi connectivity index (χ2v) is 7.05. The molecule has 2 rings (SSSR count). The highest BCUT2D eigenvalue weighted by Crippen LogP contribution is 2.32. The first-order valence-corrected chi connectivity index (χ1v) is 8.17. The highest BCUT2D eigenvalue weighted by atomic mass is 32.2. The molecule has 9 heteroatoms. The molecule has 0 spiro atoms. The van der Waals surface area contributed by atoms with Crippen LogP contribution in [0.5, 0.6) is 0 Å². The van der Waals surface area contributed by atoms with Crippen LogP contribution in [0.3, 0.4) is 0 Å². The van der Waals surface area contributed by atoms with Crippen LogP contribution in [0.4, 0.5) is 5.69 Å². The average molecular weight is 317 g/mol. The summed E-state index contributed by atoms with van der Waals surface area (Å²) in [5, 5.41) is 0.191. The van der Waals surface area contributed by atoms with Crippen molar-refractivity contribution in [2.75, 3.05) is 5.73 Å². The van der Waals surface area contributed by atoms with Crippen LogP contribution in [-0.4, -0.2) is 25.9 Å². The lowest BCUT2D eigenvalue weighted by Gasteiger charge is -2.10. The van der Waals surface area contributed by atoms with Gasteiger partial charge in [-0.15, -0.1) is 0 Å². The molecule has 0 aromatic heterocycles. The second kappa shape index (κ2) is 4.42. The summed E-state index contributed by atoms with van der Waals surface area (Å²) in [5.74, 6) is 0. The van der Waals surface area contributed by atoms with Crippen molar-refractivity contribution < 1.29 is 25.9 Å². The molecule has 2 aromatic carbocycles. The molecule has 0 bridgehead atoms. The zero-order valence-electron chi connectivity index (χ0n) is 10.2. The summed E-state index contributed by atoms with van der Waals surface area (Å²) in [4.78, 5) is -0.981. The zero-order valence-corrected chi connectivity index (χ0v) is 11.9. The van der Waals surface area contributed by atoms with Gasteiger partial charge in [-0.25, -0.2) is 0 Å². The van der Waals surface area contributed by atoms with Crippen LogP contribution in [0.15, 0.2) is 34.1 Å². The van der Waals surface area contributed by atoms with E-state index in [4.69, 9.17) is 10.3 Å². The smallest absolute Gasteiger partial charge is 0.295 e. The minimum absolute atomic E-state index is 0.0278. The summed E-state index contributed by atoms with van der Waals surface area (Å²) >= 11 is 0. The Morgan fingerprint density at radius 3 is 2.05 bits per heavy atom. The van der Waals surface area contributed by atoms with E-state index in [1.807, 2.05) is 0 Å². The van der Waals surface area contributed by atoms with Crippen molar-refractivity contribution in [1.29, 1.82) is 0 Å². The minimum atomic E-state index is -4.57. The highest BCUT2D eigenvalue weighted by molar-refractivity contribution is 7.86. The molecule has 0 heterocycles. The second-order valence-electron chi connectivity index (χ2n) is 4.27. The fourth-order valence-corrected chi connectivity index (χ4v) is 3.47. The molecule has 0 fully saturated rings. The third-order valence-corrected chi connectivity index (χ3v) is 4.73. The Morgan fingerprint density at radius 1 is 0.950 bits per heavy atom. The Labute approximate surface area is 115 Å². The van der Waals surface area contributed by atoms with Gasteiger partial charge in [0.15, 0.2) is 0 Å². The molecular weight excluding hydrogens is 306 g/mol. The molecule has 20 heavy (non-hydrogen) atoms. The molecule has 0 saturated heterocycles. The molecule has 0 amide bonds. The maximum absolute atomic E-state index is 11.4. The third kappa shape index (κ3) is 2.48. The molecule has 0 radical (unpaired) electrons. The summed E-state index contributed by atoms with van der Waals surface area (Å²) in [6.07, 6.45) is 0. The lowest BCUT2D eigenvalue weighted by Crippen LogP contribution is -2.05. The van der Waals surface area contributed by atoms with Gasteiger partial charge in [-0.3, -0.25) is 9.11 Å². The van der Waals surface area contributed by atoms with Gasteiger partial charge in [0.1, 0.15) is 4.90 Å². The molecule has 7 nitrogen and oxygen atoms in total. The molecule has 0 aliphatic carbocycles. The van der Waals surface area contributed by atoms with E-state index in [2.05, 4.69) is 0 Å². The van der Waals surface area contributed by atoms with Crippen LogP contribution in [0.25, 0.3) is 10.8 Å². The monoisotopic (exact) mass is 317 g/mol. The van der Waals surface area contributed by atoms with E-state index in [1.54, 1.807) is 0 Å². The quantitative estimate of drug-likeness (QED) is 0.560. The first-order chi connectivity index (χ1) is 9.01. The lowest BCUT2D eigenvalue weighted by atomic mass is 10.1. The molecule has 2 aromatic rings. The molecule has 0 saturated carbocycles. The molecule has 108 valence electrons. The zero-order chi connectivity index (χ0) is 15.3. The van der Waals surface area contributed by atoms with E-state index in [1.165, 1.54) is 19.1 Å². The lowest BCUT2D eigenvalue weighted by molar-refractivity contribution is 0.480. The van der Waals surface area contributed by atoms with Crippen molar-refractivity contribution in [2.45, 2.75) is 16.7 Å². The van der Waals surface area contributed by atoms with E-state index in [0.29, 0.717) is 0 Å². The van der Waals surface area contributed by atoms with Crippen LogP contribution in [0, 0.1) is 6.92 Å². The predicted molar refractivity (Wildman–Crippen MR) is 72.7 cm³/mol. The number of rotatable bonds is 2. The van der Waals surface area contributed by atoms with E-state index in [9.17, 15) is 21.4 Å². The van der Waals surface area contributed by atoms with Crippen LogP contribution in [0.1, 0.15) is 5.56 Å². The molecule has 4 N–H and O–H groups in total. The minimum Gasteiger partial charge on any atom is -0.398 e. The van der Waals surface area contributed by atoms with Gasteiger partial charge in [-0.2, -0.15) is 16.8 Å². The number of hydrogen-bond acceptors (Lipinski definition) is 5. The van der Waals surface area contributed by atoms with Gasteiger partial charge in [-0.1, -0.05) is 12.1 Å². The largest absolute Gasteiger partial charge is 0.398 e. The van der Waals surface area contributed by atoms with E-state index >= 15 is 0 Å². The Kier molecular flexibility index (Phi) is 3.25. The number of aryl methyl sites for hydroxylation is 1. The van der Waals surface area contributed by atoms with Crippen LogP contribution < -0.4 is 5.73 Å². The molecule has 0 unspecified atom stereocenters. The summed E-state index contributed by atoms with van der Waals surface area (Å²) in [6, 6.07) is 4.91. The molecule has 0 atom stereocenters. The normalized spacial score (nSPS) is 12.8. The number of anilines is 1. The summed E-state index contributed by atoms with van der Waals surface area (Å²) in [5.41, 5.74) is 5.86. The first-order valence-electron chi connectivity index (χ1n) is 5.29. The highest BCUT2D eigenvalue weighted by Gasteiger charge is 2.21. The Bertz CT molecular complexity index is 916. The van der Waals surface area contributed by atoms with Gasteiger partial charge in [-0.05, 0) is 24.6 Å². The van der Waals surface area contributed by atoms with Gasteiger partial charge < -0.3 is 5.73 Å². The topological polar surface area (TPSA) is 135 Å². The third-order valence-electron chi connectivity index (χ3n) is 2.84. The van der Waals surface area contributed by atoms with E-state index < -0.39 is 30.0 Å². The molecular formula is C11H11NO6S2. The molecule has 0 aliphatic heterocycles. The predicted octanol–water partition coefficient (Wildman–Crippen LogP) is 1.22. The van der Waals surface area contributed by atoms with Crippen molar-refractivity contribution in [3.8, 4) is 0 Å². The number of nitrogens with two attached hydrogens (primary N) is 1. The van der Waals surface area contributed by atoms with Crippen LogP contribution >= 0.6 is 0 Å². The fourth-order valence-electron chi connectivity index (χ4n) is 2.01. The van der Waals surface area contributed by atoms with Gasteiger partial charge in [0.2, 0.25) is 0 Å². The Balaban J connectivity index is 3.08. The maximum atomic E-state index is 11.4. The summed E-state index contributed by atoms with van der Waals surface area (Å²) in [7, 11) is -9.12. The van der Waals surface area contributed by atoms with Crippen LogP contribution in [0.2, 0.25) is 0 Å². The Morgan fingerprint density at radius 2 is 1.55 bits per heavy atom. The van der Waals surface area contributed by atoms with Gasteiger partial charge >= 0.3 is 0 Å². The van der Waals surface area contributed by atoms with Gasteiger partial charge in [0, 0.05) is 16.5 Å². The first kappa shape index (κ1) is 14.7. The molecule has 0 aliphatic rings. The number of nitrogen functional groups attached to an aromatic ring is 1. The number of benzene rings is 2. The van der Waals surface area contributed by atoms with Gasteiger partial charge in [0.05, 0.1) is 4.90 Å². The van der Waals surface area contributed by atoms with E-state index in [0.717, 1.165) is 12.1 Å². The maximum Gasteiger partial charge on any atom is 0.295 e. The SMILES string of the molecule is Cc1ccc2c(N)cc(S(=O)(=O)O)cc2c1S(=O)(=O)O. The van der Waals surface area contributed by atoms with Gasteiger partial charge in [0.25, 0.3) is 20.2 Å². The number of hydrogen-bond donors (Lipinski definition) is 3. The standard InChI is InChI=1S/C11H11NO6S2/c1-6-2-3-8-9(11(6)20(16,17)18)4-7(5-10(8)12)19(13,14)15/h2-5H,12H2,1H3,(H,13,14,15)(H,16,17,18). The van der Waals surface area contributed by atoms with Crippen molar-refractivity contribution >= 4 is 36.7 Å².